The lowest BCUT2D eigenvalue weighted by atomic mass is 10.0. The third kappa shape index (κ3) is 21.4. The van der Waals surface area contributed by atoms with Crippen LogP contribution in [0.3, 0.4) is 0 Å². The number of hydrogen-bond acceptors (Lipinski definition) is 1. The third-order valence-electron chi connectivity index (χ3n) is 5.11. The smallest absolute Gasteiger partial charge is 0.219 e. The average molecular weight is 354 g/mol. The van der Waals surface area contributed by atoms with Gasteiger partial charge in [-0.15, -0.1) is 0 Å². The van der Waals surface area contributed by atoms with Gasteiger partial charge >= 0.3 is 0 Å². The first-order chi connectivity index (χ1) is 12.3. The Labute approximate surface area is 158 Å². The van der Waals surface area contributed by atoms with Crippen molar-refractivity contribution in [3.63, 3.8) is 0 Å². The molecular weight excluding hydrogens is 306 g/mol. The molecule has 0 aliphatic heterocycles. The lowest BCUT2D eigenvalue weighted by Gasteiger charge is -2.05. The minimum absolute atomic E-state index is 0.255. The summed E-state index contributed by atoms with van der Waals surface area (Å²) in [7, 11) is 0. The topological polar surface area (TPSA) is 29.1 Å². The number of rotatable bonds is 20. The summed E-state index contributed by atoms with van der Waals surface area (Å²) in [5, 5.41) is 3.03. The lowest BCUT2D eigenvalue weighted by Crippen LogP contribution is -2.23. The first-order valence-electron chi connectivity index (χ1n) is 11.6. The van der Waals surface area contributed by atoms with Gasteiger partial charge in [0.1, 0.15) is 0 Å². The van der Waals surface area contributed by atoms with Crippen molar-refractivity contribution in [1.82, 2.24) is 5.32 Å². The van der Waals surface area contributed by atoms with Gasteiger partial charge in [-0.05, 0) is 12.8 Å². The van der Waals surface area contributed by atoms with Crippen LogP contribution in [0.15, 0.2) is 0 Å². The van der Waals surface area contributed by atoms with E-state index in [1.807, 2.05) is 0 Å². The normalized spacial score (nSPS) is 11.0. The van der Waals surface area contributed by atoms with Crippen LogP contribution in [-0.2, 0) is 4.79 Å². The second kappa shape index (κ2) is 21.5. The van der Waals surface area contributed by atoms with Crippen molar-refractivity contribution in [3.05, 3.63) is 0 Å². The van der Waals surface area contributed by atoms with Crippen LogP contribution in [0.5, 0.6) is 0 Å². The number of unbranched alkanes of at least 4 members (excludes halogenated alkanes) is 16. The summed E-state index contributed by atoms with van der Waals surface area (Å²) in [6.45, 7) is 5.34. The van der Waals surface area contributed by atoms with Crippen LogP contribution < -0.4 is 5.32 Å². The van der Waals surface area contributed by atoms with Crippen molar-refractivity contribution < 1.29 is 4.79 Å². The van der Waals surface area contributed by atoms with E-state index in [9.17, 15) is 4.79 Å². The average Bonchev–Trinajstić information content (AvgIpc) is 2.62. The summed E-state index contributed by atoms with van der Waals surface area (Å²) in [6.07, 6.45) is 24.9. The van der Waals surface area contributed by atoms with E-state index >= 15 is 0 Å². The van der Waals surface area contributed by atoms with E-state index in [0.29, 0.717) is 0 Å². The zero-order valence-electron chi connectivity index (χ0n) is 17.6. The zero-order chi connectivity index (χ0) is 18.4. The van der Waals surface area contributed by atoms with Gasteiger partial charge in [0.15, 0.2) is 0 Å². The second-order valence-electron chi connectivity index (χ2n) is 7.76. The SMILES string of the molecule is CCCCCCCCCCCCCCCCCC(=O)NCCCCC. The van der Waals surface area contributed by atoms with E-state index in [-0.39, 0.29) is 5.91 Å². The second-order valence-corrected chi connectivity index (χ2v) is 7.76. The molecule has 0 spiro atoms. The molecule has 0 fully saturated rings. The van der Waals surface area contributed by atoms with Crippen LogP contribution in [0.25, 0.3) is 0 Å². The summed E-state index contributed by atoms with van der Waals surface area (Å²) >= 11 is 0. The number of amides is 1. The van der Waals surface area contributed by atoms with Crippen LogP contribution in [0, 0.1) is 0 Å². The maximum atomic E-state index is 11.6. The van der Waals surface area contributed by atoms with Gasteiger partial charge in [-0.2, -0.15) is 0 Å². The molecule has 25 heavy (non-hydrogen) atoms. The first-order valence-corrected chi connectivity index (χ1v) is 11.6. The Hall–Kier alpha value is -0.530. The van der Waals surface area contributed by atoms with Crippen LogP contribution in [-0.4, -0.2) is 12.5 Å². The molecule has 0 rings (SSSR count). The van der Waals surface area contributed by atoms with Gasteiger partial charge in [-0.25, -0.2) is 0 Å². The Balaban J connectivity index is 3.08. The number of carbonyl (C=O) groups excluding carboxylic acids is 1. The lowest BCUT2D eigenvalue weighted by molar-refractivity contribution is -0.121. The number of hydrogen-bond donors (Lipinski definition) is 1. The summed E-state index contributed by atoms with van der Waals surface area (Å²) in [5.74, 6) is 0.255. The summed E-state index contributed by atoms with van der Waals surface area (Å²) in [4.78, 5) is 11.6. The first kappa shape index (κ1) is 24.5. The molecule has 0 unspecified atom stereocenters. The highest BCUT2D eigenvalue weighted by Crippen LogP contribution is 2.13. The van der Waals surface area contributed by atoms with Gasteiger partial charge in [-0.3, -0.25) is 4.79 Å². The molecule has 0 aliphatic rings. The van der Waals surface area contributed by atoms with E-state index in [2.05, 4.69) is 19.2 Å². The molecule has 1 N–H and O–H groups in total. The minimum atomic E-state index is 0.255. The summed E-state index contributed by atoms with van der Waals surface area (Å²) < 4.78 is 0. The molecule has 1 amide bonds. The molecule has 150 valence electrons. The van der Waals surface area contributed by atoms with Crippen molar-refractivity contribution in [2.75, 3.05) is 6.54 Å². The quantitative estimate of drug-likeness (QED) is 0.225. The van der Waals surface area contributed by atoms with Gasteiger partial charge in [0.05, 0.1) is 0 Å². The molecule has 0 aromatic rings. The minimum Gasteiger partial charge on any atom is -0.356 e. The summed E-state index contributed by atoms with van der Waals surface area (Å²) in [6, 6.07) is 0. The van der Waals surface area contributed by atoms with Crippen LogP contribution in [0.1, 0.15) is 136 Å². The maximum Gasteiger partial charge on any atom is 0.219 e. The molecule has 0 heterocycles. The Bertz CT molecular complexity index is 265. The fourth-order valence-electron chi connectivity index (χ4n) is 3.35. The predicted octanol–water partition coefficient (Wildman–Crippen LogP) is 7.55. The highest BCUT2D eigenvalue weighted by Gasteiger charge is 2.00. The van der Waals surface area contributed by atoms with Crippen LogP contribution >= 0.6 is 0 Å². The molecule has 2 heteroatoms. The molecule has 0 bridgehead atoms. The van der Waals surface area contributed by atoms with E-state index in [4.69, 9.17) is 0 Å². The highest BCUT2D eigenvalue weighted by molar-refractivity contribution is 5.75. The van der Waals surface area contributed by atoms with Gasteiger partial charge < -0.3 is 5.32 Å². The predicted molar refractivity (Wildman–Crippen MR) is 112 cm³/mol. The fourth-order valence-corrected chi connectivity index (χ4v) is 3.35. The monoisotopic (exact) mass is 353 g/mol. The maximum absolute atomic E-state index is 11.6. The van der Waals surface area contributed by atoms with Crippen LogP contribution in [0.2, 0.25) is 0 Å². The molecule has 0 saturated carbocycles. The van der Waals surface area contributed by atoms with Crippen molar-refractivity contribution in [1.29, 1.82) is 0 Å². The highest BCUT2D eigenvalue weighted by atomic mass is 16.1. The summed E-state index contributed by atoms with van der Waals surface area (Å²) in [5.41, 5.74) is 0. The zero-order valence-corrected chi connectivity index (χ0v) is 17.6. The van der Waals surface area contributed by atoms with Gasteiger partial charge in [0, 0.05) is 13.0 Å². The third-order valence-corrected chi connectivity index (χ3v) is 5.11. The van der Waals surface area contributed by atoms with Gasteiger partial charge in [-0.1, -0.05) is 117 Å². The standard InChI is InChI=1S/C23H47NO/c1-3-5-7-8-9-10-11-12-13-14-15-16-17-18-19-21-23(25)24-22-20-6-4-2/h3-22H2,1-2H3,(H,24,25). The van der Waals surface area contributed by atoms with E-state index in [1.54, 1.807) is 0 Å². The molecule has 0 aliphatic carbocycles. The van der Waals surface area contributed by atoms with E-state index in [1.165, 1.54) is 103 Å². The molecule has 0 radical (unpaired) electrons. The molecule has 0 aromatic carbocycles. The van der Waals surface area contributed by atoms with E-state index < -0.39 is 0 Å². The largest absolute Gasteiger partial charge is 0.356 e. The fraction of sp³-hybridized carbons (Fsp3) is 0.957. The number of carbonyl (C=O) groups is 1. The molecule has 0 atom stereocenters. The van der Waals surface area contributed by atoms with Crippen molar-refractivity contribution in [2.24, 2.45) is 0 Å². The Kier molecular flexibility index (Phi) is 21.1. The van der Waals surface area contributed by atoms with E-state index in [0.717, 1.165) is 25.8 Å². The Morgan fingerprint density at radius 3 is 1.32 bits per heavy atom. The van der Waals surface area contributed by atoms with Crippen molar-refractivity contribution in [3.8, 4) is 0 Å². The Morgan fingerprint density at radius 1 is 0.520 bits per heavy atom. The molecule has 2 nitrogen and oxygen atoms in total. The van der Waals surface area contributed by atoms with Crippen molar-refractivity contribution >= 4 is 5.91 Å². The number of nitrogens with one attached hydrogen (secondary N) is 1. The van der Waals surface area contributed by atoms with Crippen molar-refractivity contribution in [2.45, 2.75) is 136 Å². The molecular formula is C23H47NO. The Morgan fingerprint density at radius 2 is 0.880 bits per heavy atom. The van der Waals surface area contributed by atoms with Crippen LogP contribution in [0.4, 0.5) is 0 Å². The molecule has 0 saturated heterocycles. The van der Waals surface area contributed by atoms with Gasteiger partial charge in [0.2, 0.25) is 5.91 Å². The van der Waals surface area contributed by atoms with Gasteiger partial charge in [0.25, 0.3) is 0 Å². The molecule has 0 aromatic heterocycles.